The summed E-state index contributed by atoms with van der Waals surface area (Å²) < 4.78 is 10.1. The second-order valence-corrected chi connectivity index (χ2v) is 10.3. The molecule has 2 rings (SSSR count). The number of rotatable bonds is 12. The first-order valence-corrected chi connectivity index (χ1v) is 13.3. The number of methoxy groups -OCH3 is 1. The van der Waals surface area contributed by atoms with E-state index in [-0.39, 0.29) is 23.1 Å². The van der Waals surface area contributed by atoms with Gasteiger partial charge in [0.1, 0.15) is 17.0 Å². The van der Waals surface area contributed by atoms with Gasteiger partial charge in [-0.2, -0.15) is 0 Å². The SMILES string of the molecule is CCC(=O)N(CCCC(C)OC(=O)NC(C(=O)OC)C(C)C)c1cc(C2=CCCCC2)sc1C(=O)O. The smallest absolute Gasteiger partial charge is 0.408 e. The van der Waals surface area contributed by atoms with Gasteiger partial charge < -0.3 is 24.8 Å². The topological polar surface area (TPSA) is 122 Å². The van der Waals surface area contributed by atoms with Gasteiger partial charge in [-0.3, -0.25) is 4.79 Å². The number of allylic oxidation sites excluding steroid dienone is 2. The third-order valence-corrected chi connectivity index (χ3v) is 7.29. The molecule has 1 heterocycles. The fourth-order valence-electron chi connectivity index (χ4n) is 4.09. The summed E-state index contributed by atoms with van der Waals surface area (Å²) in [5, 5.41) is 12.4. The van der Waals surface area contributed by atoms with Crippen LogP contribution in [-0.4, -0.2) is 54.8 Å². The fourth-order valence-corrected chi connectivity index (χ4v) is 5.16. The molecule has 200 valence electrons. The highest BCUT2D eigenvalue weighted by atomic mass is 32.1. The lowest BCUT2D eigenvalue weighted by atomic mass is 9.98. The fraction of sp³-hybridized carbons (Fsp3) is 0.615. The molecule has 2 amide bonds. The van der Waals surface area contributed by atoms with Crippen molar-refractivity contribution in [1.82, 2.24) is 5.32 Å². The molecular formula is C26H38N2O7S. The molecule has 0 radical (unpaired) electrons. The van der Waals surface area contributed by atoms with Crippen molar-refractivity contribution < 1.29 is 33.8 Å². The molecule has 9 nitrogen and oxygen atoms in total. The molecule has 0 fully saturated rings. The van der Waals surface area contributed by atoms with Crippen molar-refractivity contribution in [2.24, 2.45) is 5.92 Å². The van der Waals surface area contributed by atoms with Gasteiger partial charge in [-0.1, -0.05) is 26.8 Å². The van der Waals surface area contributed by atoms with Gasteiger partial charge in [-0.25, -0.2) is 14.4 Å². The molecule has 0 aliphatic heterocycles. The normalized spacial score (nSPS) is 15.0. The first-order chi connectivity index (χ1) is 17.1. The molecule has 0 saturated heterocycles. The maximum atomic E-state index is 12.8. The average Bonchev–Trinajstić information content (AvgIpc) is 3.30. The first-order valence-electron chi connectivity index (χ1n) is 12.5. The van der Waals surface area contributed by atoms with Gasteiger partial charge in [0.15, 0.2) is 0 Å². The summed E-state index contributed by atoms with van der Waals surface area (Å²) in [6.45, 7) is 7.35. The van der Waals surface area contributed by atoms with Crippen LogP contribution < -0.4 is 10.2 Å². The molecule has 0 saturated carbocycles. The maximum absolute atomic E-state index is 12.8. The highest BCUT2D eigenvalue weighted by molar-refractivity contribution is 7.15. The summed E-state index contributed by atoms with van der Waals surface area (Å²) >= 11 is 1.21. The van der Waals surface area contributed by atoms with Crippen LogP contribution in [0.2, 0.25) is 0 Å². The summed E-state index contributed by atoms with van der Waals surface area (Å²) in [6, 6.07) is 1.01. The number of carbonyl (C=O) groups excluding carboxylic acids is 3. The molecule has 1 aliphatic rings. The molecule has 0 bridgehead atoms. The van der Waals surface area contributed by atoms with Crippen molar-refractivity contribution in [1.29, 1.82) is 0 Å². The van der Waals surface area contributed by atoms with Crippen LogP contribution in [0.4, 0.5) is 10.5 Å². The van der Waals surface area contributed by atoms with Crippen LogP contribution in [0.25, 0.3) is 5.57 Å². The number of carbonyl (C=O) groups is 4. The van der Waals surface area contributed by atoms with Crippen LogP contribution in [0.3, 0.4) is 0 Å². The number of aromatic carboxylic acids is 1. The number of hydrogen-bond donors (Lipinski definition) is 2. The minimum absolute atomic E-state index is 0.157. The number of nitrogens with zero attached hydrogens (tertiary/aromatic N) is 1. The number of anilines is 1. The Morgan fingerprint density at radius 2 is 1.92 bits per heavy atom. The van der Waals surface area contributed by atoms with Gasteiger partial charge in [-0.05, 0) is 63.0 Å². The standard InChI is InChI=1S/C26H38N2O7S/c1-6-21(29)28(19-15-20(36-23(19)24(30)31)18-12-8-7-9-13-18)14-10-11-17(4)35-26(33)27-22(16(2)3)25(32)34-5/h12,15-17,22H,6-11,13-14H2,1-5H3,(H,27,33)(H,30,31). The van der Waals surface area contributed by atoms with E-state index in [2.05, 4.69) is 11.4 Å². The van der Waals surface area contributed by atoms with Crippen LogP contribution >= 0.6 is 11.3 Å². The summed E-state index contributed by atoms with van der Waals surface area (Å²) in [6.07, 6.45) is 6.25. The Labute approximate surface area is 216 Å². The number of carboxylic acid groups (broad SMARTS) is 1. The highest BCUT2D eigenvalue weighted by Gasteiger charge is 2.27. The quantitative estimate of drug-likeness (QED) is 0.360. The van der Waals surface area contributed by atoms with E-state index in [1.54, 1.807) is 27.7 Å². The number of nitrogens with one attached hydrogen (secondary N) is 1. The number of thiophene rings is 1. The number of esters is 1. The molecule has 36 heavy (non-hydrogen) atoms. The van der Waals surface area contributed by atoms with Gasteiger partial charge in [0.2, 0.25) is 5.91 Å². The van der Waals surface area contributed by atoms with Crippen LogP contribution in [0.15, 0.2) is 12.1 Å². The summed E-state index contributed by atoms with van der Waals surface area (Å²) in [5.74, 6) is -1.93. The Hall–Kier alpha value is -2.88. The maximum Gasteiger partial charge on any atom is 0.408 e. The van der Waals surface area contributed by atoms with Gasteiger partial charge in [-0.15, -0.1) is 11.3 Å². The Bertz CT molecular complexity index is 969. The number of ether oxygens (including phenoxy) is 2. The van der Waals surface area contributed by atoms with E-state index >= 15 is 0 Å². The summed E-state index contributed by atoms with van der Waals surface area (Å²) in [7, 11) is 1.26. The number of hydrogen-bond acceptors (Lipinski definition) is 7. The zero-order valence-corrected chi connectivity index (χ0v) is 22.6. The lowest BCUT2D eigenvalue weighted by Gasteiger charge is -2.24. The monoisotopic (exact) mass is 522 g/mol. The minimum atomic E-state index is -1.05. The van der Waals surface area contributed by atoms with Crippen molar-refractivity contribution >= 4 is 46.5 Å². The van der Waals surface area contributed by atoms with E-state index in [1.165, 1.54) is 23.3 Å². The Balaban J connectivity index is 2.05. The lowest BCUT2D eigenvalue weighted by Crippen LogP contribution is -2.45. The van der Waals surface area contributed by atoms with E-state index in [0.717, 1.165) is 36.1 Å². The third kappa shape index (κ3) is 8.08. The molecule has 1 aromatic heterocycles. The van der Waals surface area contributed by atoms with Gasteiger partial charge in [0, 0.05) is 17.8 Å². The lowest BCUT2D eigenvalue weighted by molar-refractivity contribution is -0.144. The molecule has 2 unspecified atom stereocenters. The summed E-state index contributed by atoms with van der Waals surface area (Å²) in [4.78, 5) is 51.5. The number of alkyl carbamates (subject to hydrolysis) is 1. The number of carboxylic acids is 1. The molecule has 0 spiro atoms. The molecule has 1 aliphatic carbocycles. The van der Waals surface area contributed by atoms with E-state index in [9.17, 15) is 24.3 Å². The van der Waals surface area contributed by atoms with Gasteiger partial charge in [0.05, 0.1) is 12.8 Å². The zero-order valence-electron chi connectivity index (χ0n) is 21.8. The molecule has 2 N–H and O–H groups in total. The highest BCUT2D eigenvalue weighted by Crippen LogP contribution is 2.38. The zero-order chi connectivity index (χ0) is 26.8. The van der Waals surface area contributed by atoms with Crippen molar-refractivity contribution in [3.8, 4) is 0 Å². The second kappa shape index (κ2) is 14.0. The van der Waals surface area contributed by atoms with Crippen LogP contribution in [0.1, 0.15) is 87.2 Å². The minimum Gasteiger partial charge on any atom is -0.477 e. The summed E-state index contributed by atoms with van der Waals surface area (Å²) in [5.41, 5.74) is 1.56. The Kier molecular flexibility index (Phi) is 11.4. The van der Waals surface area contributed by atoms with Gasteiger partial charge >= 0.3 is 18.0 Å². The van der Waals surface area contributed by atoms with E-state index in [1.807, 2.05) is 6.07 Å². The van der Waals surface area contributed by atoms with E-state index < -0.39 is 30.2 Å². The number of amides is 2. The van der Waals surface area contributed by atoms with Crippen LogP contribution in [0.5, 0.6) is 0 Å². The molecular weight excluding hydrogens is 484 g/mol. The van der Waals surface area contributed by atoms with Crippen molar-refractivity contribution in [2.75, 3.05) is 18.6 Å². The van der Waals surface area contributed by atoms with E-state index in [0.29, 0.717) is 25.1 Å². The van der Waals surface area contributed by atoms with Crippen molar-refractivity contribution in [2.45, 2.75) is 84.8 Å². The van der Waals surface area contributed by atoms with Crippen molar-refractivity contribution in [3.05, 3.63) is 21.9 Å². The predicted molar refractivity (Wildman–Crippen MR) is 139 cm³/mol. The van der Waals surface area contributed by atoms with Crippen LogP contribution in [0, 0.1) is 5.92 Å². The Morgan fingerprint density at radius 3 is 2.47 bits per heavy atom. The Morgan fingerprint density at radius 1 is 1.19 bits per heavy atom. The van der Waals surface area contributed by atoms with Crippen molar-refractivity contribution in [3.63, 3.8) is 0 Å². The molecule has 10 heteroatoms. The molecule has 2 atom stereocenters. The van der Waals surface area contributed by atoms with E-state index in [4.69, 9.17) is 9.47 Å². The third-order valence-electron chi connectivity index (χ3n) is 6.10. The second-order valence-electron chi connectivity index (χ2n) is 9.25. The predicted octanol–water partition coefficient (Wildman–Crippen LogP) is 5.24. The molecule has 0 aromatic carbocycles. The van der Waals surface area contributed by atoms with Gasteiger partial charge in [0.25, 0.3) is 0 Å². The largest absolute Gasteiger partial charge is 0.477 e. The molecule has 1 aromatic rings. The van der Waals surface area contributed by atoms with Crippen LogP contribution in [-0.2, 0) is 19.1 Å². The average molecular weight is 523 g/mol. The first kappa shape index (κ1) is 29.4.